The minimum atomic E-state index is -0.841. The van der Waals surface area contributed by atoms with Crippen molar-refractivity contribution in [3.8, 4) is 0 Å². The first-order valence-electron chi connectivity index (χ1n) is 9.58. The third-order valence-corrected chi connectivity index (χ3v) is 4.64. The van der Waals surface area contributed by atoms with Crippen LogP contribution in [0.2, 0.25) is 0 Å². The summed E-state index contributed by atoms with van der Waals surface area (Å²) in [5.41, 5.74) is -0.530. The minimum absolute atomic E-state index is 0.102. The van der Waals surface area contributed by atoms with E-state index in [1.165, 1.54) is 0 Å². The second-order valence-corrected chi connectivity index (χ2v) is 9.13. The number of hydrogen-bond acceptors (Lipinski definition) is 4. The molecule has 0 bridgehead atoms. The Morgan fingerprint density at radius 3 is 2.32 bits per heavy atom. The van der Waals surface area contributed by atoms with Gasteiger partial charge in [0.1, 0.15) is 17.9 Å². The lowest BCUT2D eigenvalue weighted by atomic mass is 9.89. The van der Waals surface area contributed by atoms with E-state index >= 15 is 0 Å². The summed E-state index contributed by atoms with van der Waals surface area (Å²) >= 11 is 0. The van der Waals surface area contributed by atoms with Crippen LogP contribution < -0.4 is 0 Å². The molecule has 1 heterocycles. The van der Waals surface area contributed by atoms with Crippen LogP contribution in [0, 0.1) is 5.41 Å². The first-order valence-corrected chi connectivity index (χ1v) is 9.58. The molecule has 0 aliphatic heterocycles. The fraction of sp³-hybridized carbons (Fsp3) is 0.850. The SMILES string of the molecule is CCC(C)n1c(CCCC(C)(C)C)nnc1[C@H](CC=O)CC(C)(C)O. The highest BCUT2D eigenvalue weighted by Gasteiger charge is 2.28. The quantitative estimate of drug-likeness (QED) is 0.632. The predicted octanol–water partition coefficient (Wildman–Crippen LogP) is 4.45. The Morgan fingerprint density at radius 1 is 1.20 bits per heavy atom. The summed E-state index contributed by atoms with van der Waals surface area (Å²) in [6.07, 6.45) is 5.87. The van der Waals surface area contributed by atoms with E-state index in [1.54, 1.807) is 13.8 Å². The molecule has 5 nitrogen and oxygen atoms in total. The average Bonchev–Trinajstić information content (AvgIpc) is 2.87. The van der Waals surface area contributed by atoms with Crippen molar-refractivity contribution in [3.05, 3.63) is 11.6 Å². The highest BCUT2D eigenvalue weighted by Crippen LogP contribution is 2.31. The van der Waals surface area contributed by atoms with Crippen LogP contribution in [-0.2, 0) is 11.2 Å². The van der Waals surface area contributed by atoms with Crippen LogP contribution >= 0.6 is 0 Å². The van der Waals surface area contributed by atoms with Crippen LogP contribution in [0.5, 0.6) is 0 Å². The number of rotatable bonds is 10. The highest BCUT2D eigenvalue weighted by molar-refractivity contribution is 5.51. The number of hydrogen-bond donors (Lipinski definition) is 1. The Balaban J connectivity index is 3.10. The molecule has 0 fully saturated rings. The smallest absolute Gasteiger partial charge is 0.136 e. The van der Waals surface area contributed by atoms with Gasteiger partial charge in [-0.1, -0.05) is 27.7 Å². The van der Waals surface area contributed by atoms with Gasteiger partial charge in [0.2, 0.25) is 0 Å². The molecule has 5 heteroatoms. The van der Waals surface area contributed by atoms with Crippen molar-refractivity contribution in [2.45, 2.75) is 105 Å². The Labute approximate surface area is 153 Å². The molecule has 0 spiro atoms. The number of aromatic nitrogens is 3. The second kappa shape index (κ2) is 8.93. The van der Waals surface area contributed by atoms with Gasteiger partial charge in [-0.15, -0.1) is 10.2 Å². The van der Waals surface area contributed by atoms with Crippen LogP contribution in [-0.4, -0.2) is 31.8 Å². The molecule has 1 rings (SSSR count). The summed E-state index contributed by atoms with van der Waals surface area (Å²) in [5, 5.41) is 19.1. The zero-order chi connectivity index (χ0) is 19.3. The molecule has 0 radical (unpaired) electrons. The summed E-state index contributed by atoms with van der Waals surface area (Å²) in [4.78, 5) is 11.2. The summed E-state index contributed by atoms with van der Waals surface area (Å²) in [6.45, 7) is 14.6. The van der Waals surface area contributed by atoms with Crippen molar-refractivity contribution < 1.29 is 9.90 Å². The van der Waals surface area contributed by atoms with E-state index in [0.717, 1.165) is 43.6 Å². The van der Waals surface area contributed by atoms with Gasteiger partial charge in [-0.05, 0) is 51.9 Å². The zero-order valence-electron chi connectivity index (χ0n) is 17.2. The van der Waals surface area contributed by atoms with Gasteiger partial charge in [0, 0.05) is 24.8 Å². The van der Waals surface area contributed by atoms with Crippen molar-refractivity contribution in [1.82, 2.24) is 14.8 Å². The average molecular weight is 352 g/mol. The van der Waals surface area contributed by atoms with E-state index < -0.39 is 5.60 Å². The molecule has 0 aliphatic rings. The third kappa shape index (κ3) is 7.27. The number of nitrogens with zero attached hydrogens (tertiary/aromatic N) is 3. The van der Waals surface area contributed by atoms with Crippen molar-refractivity contribution in [3.63, 3.8) is 0 Å². The minimum Gasteiger partial charge on any atom is -0.390 e. The summed E-state index contributed by atoms with van der Waals surface area (Å²) in [7, 11) is 0. The molecule has 0 aromatic carbocycles. The number of aliphatic hydroxyl groups is 1. The van der Waals surface area contributed by atoms with E-state index in [1.807, 2.05) is 0 Å². The molecule has 25 heavy (non-hydrogen) atoms. The van der Waals surface area contributed by atoms with Crippen LogP contribution in [0.3, 0.4) is 0 Å². The number of aldehydes is 1. The molecule has 1 aromatic heterocycles. The van der Waals surface area contributed by atoms with E-state index in [2.05, 4.69) is 49.4 Å². The number of carbonyl (C=O) groups is 1. The van der Waals surface area contributed by atoms with E-state index in [0.29, 0.717) is 18.3 Å². The number of aryl methyl sites for hydroxylation is 1. The van der Waals surface area contributed by atoms with Crippen LogP contribution in [0.4, 0.5) is 0 Å². The fourth-order valence-electron chi connectivity index (χ4n) is 3.23. The van der Waals surface area contributed by atoms with Crippen molar-refractivity contribution >= 4 is 6.29 Å². The Kier molecular flexibility index (Phi) is 7.79. The van der Waals surface area contributed by atoms with Gasteiger partial charge in [-0.25, -0.2) is 0 Å². The molecule has 1 N–H and O–H groups in total. The molecular weight excluding hydrogens is 314 g/mol. The van der Waals surface area contributed by atoms with E-state index in [4.69, 9.17) is 0 Å². The maximum Gasteiger partial charge on any atom is 0.136 e. The lowest BCUT2D eigenvalue weighted by Gasteiger charge is -2.26. The van der Waals surface area contributed by atoms with E-state index in [-0.39, 0.29) is 12.0 Å². The Hall–Kier alpha value is -1.23. The van der Waals surface area contributed by atoms with E-state index in [9.17, 15) is 9.90 Å². The molecule has 0 amide bonds. The highest BCUT2D eigenvalue weighted by atomic mass is 16.3. The summed E-state index contributed by atoms with van der Waals surface area (Å²) in [6, 6.07) is 0.283. The molecule has 1 aromatic rings. The zero-order valence-corrected chi connectivity index (χ0v) is 17.2. The lowest BCUT2D eigenvalue weighted by molar-refractivity contribution is -0.108. The molecule has 0 saturated heterocycles. The maximum absolute atomic E-state index is 11.2. The standard InChI is InChI=1S/C20H37N3O2/c1-8-15(2)23-17(10-9-12-19(3,4)5)21-22-18(23)16(11-13-24)14-20(6,7)25/h13,15-16,25H,8-12,14H2,1-7H3/t15?,16-/m1/s1. The topological polar surface area (TPSA) is 68.0 Å². The molecule has 0 aliphatic carbocycles. The van der Waals surface area contributed by atoms with Crippen molar-refractivity contribution in [1.29, 1.82) is 0 Å². The van der Waals surface area contributed by atoms with Gasteiger partial charge in [-0.2, -0.15) is 0 Å². The van der Waals surface area contributed by atoms with Crippen molar-refractivity contribution in [2.24, 2.45) is 5.41 Å². The monoisotopic (exact) mass is 351 g/mol. The lowest BCUT2D eigenvalue weighted by Crippen LogP contribution is -2.25. The van der Waals surface area contributed by atoms with Gasteiger partial charge >= 0.3 is 0 Å². The van der Waals surface area contributed by atoms with Crippen LogP contribution in [0.15, 0.2) is 0 Å². The fourth-order valence-corrected chi connectivity index (χ4v) is 3.23. The second-order valence-electron chi connectivity index (χ2n) is 9.13. The largest absolute Gasteiger partial charge is 0.390 e. The Morgan fingerprint density at radius 2 is 1.84 bits per heavy atom. The van der Waals surface area contributed by atoms with Crippen molar-refractivity contribution in [2.75, 3.05) is 0 Å². The number of carbonyl (C=O) groups excluding carboxylic acids is 1. The van der Waals surface area contributed by atoms with Gasteiger partial charge in [0.05, 0.1) is 5.60 Å². The first-order chi connectivity index (χ1) is 11.5. The van der Waals surface area contributed by atoms with Crippen LogP contribution in [0.25, 0.3) is 0 Å². The summed E-state index contributed by atoms with van der Waals surface area (Å²) < 4.78 is 2.21. The van der Waals surface area contributed by atoms with Gasteiger partial charge in [0.25, 0.3) is 0 Å². The Bertz CT molecular complexity index is 538. The first kappa shape index (κ1) is 21.8. The molecule has 0 saturated carbocycles. The van der Waals surface area contributed by atoms with Gasteiger partial charge < -0.3 is 14.5 Å². The molecular formula is C20H37N3O2. The normalized spacial score (nSPS) is 15.2. The summed E-state index contributed by atoms with van der Waals surface area (Å²) in [5.74, 6) is 1.74. The van der Waals surface area contributed by atoms with Gasteiger partial charge in [-0.3, -0.25) is 0 Å². The van der Waals surface area contributed by atoms with Crippen LogP contribution in [0.1, 0.15) is 104 Å². The molecule has 144 valence electrons. The van der Waals surface area contributed by atoms with Gasteiger partial charge in [0.15, 0.2) is 0 Å². The molecule has 1 unspecified atom stereocenters. The molecule has 2 atom stereocenters. The predicted molar refractivity (Wildman–Crippen MR) is 102 cm³/mol. The maximum atomic E-state index is 11.2. The third-order valence-electron chi connectivity index (χ3n) is 4.64.